The lowest BCUT2D eigenvalue weighted by atomic mass is 9.80. The number of aliphatic hydroxyl groups is 1. The Morgan fingerprint density at radius 1 is 1.17 bits per heavy atom. The van der Waals surface area contributed by atoms with Crippen LogP contribution < -0.4 is 0 Å². The molecular formula is C19H29NO3. The fourth-order valence-electron chi connectivity index (χ4n) is 3.70. The maximum absolute atomic E-state index is 11.4. The fraction of sp³-hybridized carbons (Fsp3) is 0.632. The van der Waals surface area contributed by atoms with E-state index in [4.69, 9.17) is 4.84 Å². The molecule has 0 aliphatic carbocycles. The van der Waals surface area contributed by atoms with Gasteiger partial charge in [0, 0.05) is 16.6 Å². The van der Waals surface area contributed by atoms with Crippen LogP contribution in [0.25, 0.3) is 0 Å². The number of rotatable bonds is 4. The van der Waals surface area contributed by atoms with Crippen LogP contribution in [0.4, 0.5) is 0 Å². The van der Waals surface area contributed by atoms with Gasteiger partial charge in [0.2, 0.25) is 0 Å². The van der Waals surface area contributed by atoms with Crippen LogP contribution in [0, 0.1) is 0 Å². The first-order valence-electron chi connectivity index (χ1n) is 8.29. The monoisotopic (exact) mass is 319 g/mol. The molecule has 0 aromatic heterocycles. The summed E-state index contributed by atoms with van der Waals surface area (Å²) in [6.45, 7) is 12.0. The van der Waals surface area contributed by atoms with Crippen LogP contribution in [-0.2, 0) is 4.84 Å². The van der Waals surface area contributed by atoms with Gasteiger partial charge in [-0.1, -0.05) is 24.3 Å². The van der Waals surface area contributed by atoms with Crippen LogP contribution in [0.1, 0.15) is 76.4 Å². The zero-order valence-electron chi connectivity index (χ0n) is 15.1. The van der Waals surface area contributed by atoms with Crippen molar-refractivity contribution in [1.82, 2.24) is 5.06 Å². The molecule has 0 radical (unpaired) electrons. The third-order valence-electron chi connectivity index (χ3n) is 4.62. The van der Waals surface area contributed by atoms with Crippen molar-refractivity contribution in [2.75, 3.05) is 0 Å². The standard InChI is InChI=1S/C19H29NO3/c1-13(21)15-7-9-16(10-8-15)14(2)23-20-18(3,4)11-17(22)12-19(20,5)6/h7-10,14,17,22H,11-12H2,1-6H3. The van der Waals surface area contributed by atoms with Crippen molar-refractivity contribution in [3.05, 3.63) is 35.4 Å². The largest absolute Gasteiger partial charge is 0.393 e. The summed E-state index contributed by atoms with van der Waals surface area (Å²) in [6.07, 6.45) is 0.952. The van der Waals surface area contributed by atoms with Gasteiger partial charge in [-0.25, -0.2) is 0 Å². The molecule has 0 spiro atoms. The Hall–Kier alpha value is -1.23. The molecule has 1 heterocycles. The molecule has 1 saturated heterocycles. The summed E-state index contributed by atoms with van der Waals surface area (Å²) in [6, 6.07) is 7.57. The molecule has 0 saturated carbocycles. The molecule has 1 aromatic rings. The molecule has 1 unspecified atom stereocenters. The highest BCUT2D eigenvalue weighted by molar-refractivity contribution is 5.94. The van der Waals surface area contributed by atoms with Crippen molar-refractivity contribution in [2.24, 2.45) is 0 Å². The fourth-order valence-corrected chi connectivity index (χ4v) is 3.70. The SMILES string of the molecule is CC(=O)c1ccc(C(C)ON2C(C)(C)CC(O)CC2(C)C)cc1. The van der Waals surface area contributed by atoms with Gasteiger partial charge in [0.1, 0.15) is 6.10 Å². The van der Waals surface area contributed by atoms with Gasteiger partial charge < -0.3 is 5.11 Å². The van der Waals surface area contributed by atoms with E-state index in [9.17, 15) is 9.90 Å². The number of carbonyl (C=O) groups excluding carboxylic acids is 1. The van der Waals surface area contributed by atoms with Crippen LogP contribution in [0.2, 0.25) is 0 Å². The smallest absolute Gasteiger partial charge is 0.159 e. The van der Waals surface area contributed by atoms with Crippen LogP contribution in [-0.4, -0.2) is 33.1 Å². The average Bonchev–Trinajstić information content (AvgIpc) is 2.41. The van der Waals surface area contributed by atoms with Crippen molar-refractivity contribution in [3.8, 4) is 0 Å². The quantitative estimate of drug-likeness (QED) is 0.855. The summed E-state index contributed by atoms with van der Waals surface area (Å²) < 4.78 is 0. The number of hydrogen-bond donors (Lipinski definition) is 1. The third kappa shape index (κ3) is 4.00. The number of benzene rings is 1. The van der Waals surface area contributed by atoms with E-state index in [1.165, 1.54) is 0 Å². The zero-order valence-corrected chi connectivity index (χ0v) is 15.1. The first kappa shape index (κ1) is 18.1. The van der Waals surface area contributed by atoms with Crippen molar-refractivity contribution in [2.45, 2.75) is 77.7 Å². The summed E-state index contributed by atoms with van der Waals surface area (Å²) in [4.78, 5) is 17.7. The van der Waals surface area contributed by atoms with Gasteiger partial charge >= 0.3 is 0 Å². The topological polar surface area (TPSA) is 49.8 Å². The van der Waals surface area contributed by atoms with Gasteiger partial charge in [0.25, 0.3) is 0 Å². The van der Waals surface area contributed by atoms with E-state index in [1.54, 1.807) is 6.92 Å². The molecule has 1 atom stereocenters. The Morgan fingerprint density at radius 3 is 2.09 bits per heavy atom. The van der Waals surface area contributed by atoms with Crippen LogP contribution in [0.3, 0.4) is 0 Å². The summed E-state index contributed by atoms with van der Waals surface area (Å²) >= 11 is 0. The summed E-state index contributed by atoms with van der Waals surface area (Å²) in [5, 5.41) is 12.2. The van der Waals surface area contributed by atoms with E-state index in [-0.39, 0.29) is 29.1 Å². The van der Waals surface area contributed by atoms with E-state index in [1.807, 2.05) is 36.3 Å². The lowest BCUT2D eigenvalue weighted by Gasteiger charge is -2.53. The van der Waals surface area contributed by atoms with Gasteiger partial charge in [0.05, 0.1) is 6.10 Å². The first-order chi connectivity index (χ1) is 10.5. The Morgan fingerprint density at radius 2 is 1.65 bits per heavy atom. The van der Waals surface area contributed by atoms with Crippen LogP contribution in [0.5, 0.6) is 0 Å². The van der Waals surface area contributed by atoms with Crippen molar-refractivity contribution in [1.29, 1.82) is 0 Å². The summed E-state index contributed by atoms with van der Waals surface area (Å²) in [7, 11) is 0. The van der Waals surface area contributed by atoms with Gasteiger partial charge in [-0.3, -0.25) is 9.63 Å². The minimum atomic E-state index is -0.301. The molecule has 4 heteroatoms. The maximum atomic E-state index is 11.4. The van der Waals surface area contributed by atoms with Gasteiger partial charge in [-0.2, -0.15) is 5.06 Å². The average molecular weight is 319 g/mol. The molecule has 1 aliphatic rings. The number of Topliss-reactive ketones (excluding diaryl/α,β-unsaturated/α-hetero) is 1. The molecule has 0 amide bonds. The summed E-state index contributed by atoms with van der Waals surface area (Å²) in [5.74, 6) is 0.0670. The predicted molar refractivity (Wildman–Crippen MR) is 91.2 cm³/mol. The minimum absolute atomic E-state index is 0.0670. The summed E-state index contributed by atoms with van der Waals surface area (Å²) in [5.41, 5.74) is 1.26. The van der Waals surface area contributed by atoms with Gasteiger partial charge in [-0.05, 0) is 59.9 Å². The molecular weight excluding hydrogens is 290 g/mol. The van der Waals surface area contributed by atoms with E-state index in [2.05, 4.69) is 27.7 Å². The molecule has 128 valence electrons. The second kappa shape index (κ2) is 6.34. The lowest BCUT2D eigenvalue weighted by Crippen LogP contribution is -2.61. The molecule has 4 nitrogen and oxygen atoms in total. The first-order valence-corrected chi connectivity index (χ1v) is 8.29. The third-order valence-corrected chi connectivity index (χ3v) is 4.62. The lowest BCUT2D eigenvalue weighted by molar-refractivity contribution is -0.313. The number of piperidine rings is 1. The highest BCUT2D eigenvalue weighted by Crippen LogP contribution is 2.40. The molecule has 1 aliphatic heterocycles. The number of carbonyl (C=O) groups is 1. The van der Waals surface area contributed by atoms with E-state index in [0.29, 0.717) is 18.4 Å². The number of nitrogens with zero attached hydrogens (tertiary/aromatic N) is 1. The van der Waals surface area contributed by atoms with Crippen molar-refractivity contribution in [3.63, 3.8) is 0 Å². The molecule has 2 rings (SSSR count). The second-order valence-electron chi connectivity index (χ2n) is 7.91. The highest BCUT2D eigenvalue weighted by Gasteiger charge is 2.46. The Kier molecular flexibility index (Phi) is 5.00. The highest BCUT2D eigenvalue weighted by atomic mass is 16.7. The molecule has 0 bridgehead atoms. The van der Waals surface area contributed by atoms with Gasteiger partial charge in [-0.15, -0.1) is 0 Å². The zero-order chi connectivity index (χ0) is 17.4. The number of ketones is 1. The van der Waals surface area contributed by atoms with E-state index >= 15 is 0 Å². The van der Waals surface area contributed by atoms with Gasteiger partial charge in [0.15, 0.2) is 5.78 Å². The number of hydroxylamine groups is 2. The molecule has 1 N–H and O–H groups in total. The van der Waals surface area contributed by atoms with Crippen molar-refractivity contribution < 1.29 is 14.7 Å². The van der Waals surface area contributed by atoms with E-state index in [0.717, 1.165) is 5.56 Å². The molecule has 1 aromatic carbocycles. The minimum Gasteiger partial charge on any atom is -0.393 e. The Balaban J connectivity index is 2.17. The maximum Gasteiger partial charge on any atom is 0.159 e. The predicted octanol–water partition coefficient (Wildman–Crippen LogP) is 3.90. The van der Waals surface area contributed by atoms with Crippen molar-refractivity contribution >= 4 is 5.78 Å². The number of aliphatic hydroxyl groups excluding tert-OH is 1. The Bertz CT molecular complexity index is 544. The Labute approximate surface area is 139 Å². The number of hydrogen-bond acceptors (Lipinski definition) is 4. The van der Waals surface area contributed by atoms with Crippen LogP contribution >= 0.6 is 0 Å². The molecule has 23 heavy (non-hydrogen) atoms. The van der Waals surface area contributed by atoms with Crippen LogP contribution in [0.15, 0.2) is 24.3 Å². The second-order valence-corrected chi connectivity index (χ2v) is 7.91. The van der Waals surface area contributed by atoms with E-state index < -0.39 is 0 Å². The molecule has 1 fully saturated rings. The normalized spacial score (nSPS) is 22.7.